The molecular formula is C14H16ClNO. The van der Waals surface area contributed by atoms with Crippen LogP contribution in [0.25, 0.3) is 0 Å². The second kappa shape index (κ2) is 3.74. The van der Waals surface area contributed by atoms with Crippen LogP contribution in [0.1, 0.15) is 37.3 Å². The first-order chi connectivity index (χ1) is 8.09. The van der Waals surface area contributed by atoms with E-state index in [1.165, 1.54) is 11.1 Å². The molecule has 1 amide bonds. The van der Waals surface area contributed by atoms with Crippen molar-refractivity contribution in [1.82, 2.24) is 5.32 Å². The van der Waals surface area contributed by atoms with Crippen molar-refractivity contribution >= 4 is 17.5 Å². The fourth-order valence-corrected chi connectivity index (χ4v) is 3.51. The molecule has 0 radical (unpaired) electrons. The van der Waals surface area contributed by atoms with Crippen LogP contribution in [0.15, 0.2) is 18.2 Å². The zero-order valence-electron chi connectivity index (χ0n) is 9.92. The van der Waals surface area contributed by atoms with Crippen LogP contribution < -0.4 is 5.32 Å². The number of nitrogens with one attached hydrogen (secondary N) is 1. The highest BCUT2D eigenvalue weighted by Gasteiger charge is 2.43. The molecule has 3 heteroatoms. The summed E-state index contributed by atoms with van der Waals surface area (Å²) in [5, 5.41) is 3.95. The molecule has 0 aromatic heterocycles. The highest BCUT2D eigenvalue weighted by molar-refractivity contribution is 6.30. The van der Waals surface area contributed by atoms with Crippen molar-refractivity contribution in [2.24, 2.45) is 0 Å². The molecule has 90 valence electrons. The molecule has 1 aromatic rings. The maximum absolute atomic E-state index is 11.5. The number of benzene rings is 1. The molecule has 1 N–H and O–H groups in total. The number of hydrogen-bond acceptors (Lipinski definition) is 1. The molecule has 2 nitrogen and oxygen atoms in total. The van der Waals surface area contributed by atoms with Gasteiger partial charge in [0.25, 0.3) is 0 Å². The Hall–Kier alpha value is -1.02. The molecular weight excluding hydrogens is 234 g/mol. The van der Waals surface area contributed by atoms with E-state index in [0.29, 0.717) is 6.42 Å². The third-order valence-electron chi connectivity index (χ3n) is 4.36. The first kappa shape index (κ1) is 11.1. The van der Waals surface area contributed by atoms with Crippen molar-refractivity contribution in [2.45, 2.75) is 44.1 Å². The van der Waals surface area contributed by atoms with E-state index in [-0.39, 0.29) is 17.4 Å². The van der Waals surface area contributed by atoms with Gasteiger partial charge in [-0.1, -0.05) is 24.6 Å². The quantitative estimate of drug-likeness (QED) is 0.753. The van der Waals surface area contributed by atoms with Gasteiger partial charge in [-0.2, -0.15) is 0 Å². The Morgan fingerprint density at radius 2 is 2.24 bits per heavy atom. The zero-order chi connectivity index (χ0) is 12.0. The van der Waals surface area contributed by atoms with Crippen molar-refractivity contribution in [3.63, 3.8) is 0 Å². The summed E-state index contributed by atoms with van der Waals surface area (Å²) in [6, 6.07) is 6.47. The van der Waals surface area contributed by atoms with E-state index in [2.05, 4.69) is 24.4 Å². The maximum atomic E-state index is 11.5. The molecule has 0 saturated carbocycles. The molecule has 0 unspecified atom stereocenters. The van der Waals surface area contributed by atoms with Crippen molar-refractivity contribution in [3.8, 4) is 0 Å². The number of halogens is 1. The summed E-state index contributed by atoms with van der Waals surface area (Å²) < 4.78 is 0. The predicted molar refractivity (Wildman–Crippen MR) is 68.3 cm³/mol. The minimum absolute atomic E-state index is 0.0894. The lowest BCUT2D eigenvalue weighted by Crippen LogP contribution is -2.55. The van der Waals surface area contributed by atoms with Crippen molar-refractivity contribution < 1.29 is 4.79 Å². The lowest BCUT2D eigenvalue weighted by Gasteiger charge is -2.46. The number of rotatable bonds is 0. The van der Waals surface area contributed by atoms with E-state index in [1.807, 2.05) is 6.07 Å². The lowest BCUT2D eigenvalue weighted by atomic mass is 9.64. The van der Waals surface area contributed by atoms with Crippen LogP contribution in [-0.4, -0.2) is 11.9 Å². The molecule has 1 saturated heterocycles. The van der Waals surface area contributed by atoms with Crippen LogP contribution in [0.2, 0.25) is 5.02 Å². The lowest BCUT2D eigenvalue weighted by molar-refractivity contribution is -0.125. The van der Waals surface area contributed by atoms with Gasteiger partial charge in [-0.15, -0.1) is 0 Å². The average molecular weight is 250 g/mol. The van der Waals surface area contributed by atoms with Crippen LogP contribution in [0.5, 0.6) is 0 Å². The van der Waals surface area contributed by atoms with Gasteiger partial charge in [-0.3, -0.25) is 4.79 Å². The first-order valence-electron chi connectivity index (χ1n) is 6.18. The molecule has 0 bridgehead atoms. The number of carbonyl (C=O) groups is 1. The van der Waals surface area contributed by atoms with Gasteiger partial charge >= 0.3 is 0 Å². The van der Waals surface area contributed by atoms with Crippen molar-refractivity contribution in [2.75, 3.05) is 0 Å². The molecule has 1 aliphatic heterocycles. The second-order valence-electron chi connectivity index (χ2n) is 5.38. The van der Waals surface area contributed by atoms with E-state index < -0.39 is 0 Å². The molecule has 0 spiro atoms. The summed E-state index contributed by atoms with van der Waals surface area (Å²) in [6.07, 6.45) is 3.61. The standard InChI is InChI=1S/C14H16ClNO/c1-14-7-6-13(17)16-12(14)5-2-9-8-10(15)3-4-11(9)14/h3-4,8,12H,2,5-7H2,1H3,(H,16,17)/t12-,14-/m1/s1. The average Bonchev–Trinajstić information content (AvgIpc) is 2.30. The summed E-state index contributed by atoms with van der Waals surface area (Å²) in [4.78, 5) is 11.5. The fraction of sp³-hybridized carbons (Fsp3) is 0.500. The molecule has 1 fully saturated rings. The minimum Gasteiger partial charge on any atom is -0.352 e. The van der Waals surface area contributed by atoms with Gasteiger partial charge in [-0.05, 0) is 42.5 Å². The predicted octanol–water partition coefficient (Wildman–Crippen LogP) is 2.82. The molecule has 1 aromatic carbocycles. The van der Waals surface area contributed by atoms with Gasteiger partial charge in [0.05, 0.1) is 0 Å². The molecule has 2 atom stereocenters. The SMILES string of the molecule is C[C@]12CCC(=O)N[C@@H]1CCc1cc(Cl)ccc12. The Kier molecular flexibility index (Phi) is 2.44. The number of aryl methyl sites for hydroxylation is 1. The maximum Gasteiger partial charge on any atom is 0.220 e. The summed E-state index contributed by atoms with van der Waals surface area (Å²) >= 11 is 6.05. The van der Waals surface area contributed by atoms with Crippen LogP contribution in [0.4, 0.5) is 0 Å². The Bertz CT molecular complexity index is 485. The number of fused-ring (bicyclic) bond motifs is 3. The smallest absolute Gasteiger partial charge is 0.220 e. The van der Waals surface area contributed by atoms with E-state index in [0.717, 1.165) is 24.3 Å². The molecule has 3 rings (SSSR count). The van der Waals surface area contributed by atoms with E-state index in [9.17, 15) is 4.79 Å². The van der Waals surface area contributed by atoms with E-state index in [4.69, 9.17) is 11.6 Å². The Labute approximate surface area is 106 Å². The van der Waals surface area contributed by atoms with Gasteiger partial charge in [0.2, 0.25) is 5.91 Å². The Morgan fingerprint density at radius 1 is 1.41 bits per heavy atom. The molecule has 17 heavy (non-hydrogen) atoms. The highest BCUT2D eigenvalue weighted by Crippen LogP contribution is 2.43. The number of hydrogen-bond donors (Lipinski definition) is 1. The second-order valence-corrected chi connectivity index (χ2v) is 5.81. The monoisotopic (exact) mass is 249 g/mol. The topological polar surface area (TPSA) is 29.1 Å². The zero-order valence-corrected chi connectivity index (χ0v) is 10.7. The van der Waals surface area contributed by atoms with E-state index in [1.54, 1.807) is 0 Å². The van der Waals surface area contributed by atoms with Crippen molar-refractivity contribution in [1.29, 1.82) is 0 Å². The largest absolute Gasteiger partial charge is 0.352 e. The third kappa shape index (κ3) is 1.66. The molecule has 2 aliphatic rings. The van der Waals surface area contributed by atoms with Crippen LogP contribution in [0, 0.1) is 0 Å². The van der Waals surface area contributed by atoms with Gasteiger partial charge in [-0.25, -0.2) is 0 Å². The number of piperidine rings is 1. The number of carbonyl (C=O) groups excluding carboxylic acids is 1. The summed E-state index contributed by atoms with van der Waals surface area (Å²) in [6.45, 7) is 2.27. The highest BCUT2D eigenvalue weighted by atomic mass is 35.5. The Morgan fingerprint density at radius 3 is 3.06 bits per heavy atom. The van der Waals surface area contributed by atoms with E-state index >= 15 is 0 Å². The molecule has 1 aliphatic carbocycles. The summed E-state index contributed by atoms with van der Waals surface area (Å²) in [5.74, 6) is 0.199. The van der Waals surface area contributed by atoms with Crippen LogP contribution in [0.3, 0.4) is 0 Å². The first-order valence-corrected chi connectivity index (χ1v) is 6.56. The van der Waals surface area contributed by atoms with Crippen LogP contribution in [-0.2, 0) is 16.6 Å². The Balaban J connectivity index is 2.07. The fourth-order valence-electron chi connectivity index (χ4n) is 3.31. The summed E-state index contributed by atoms with van der Waals surface area (Å²) in [7, 11) is 0. The van der Waals surface area contributed by atoms with Crippen molar-refractivity contribution in [3.05, 3.63) is 34.3 Å². The summed E-state index contributed by atoms with van der Waals surface area (Å²) in [5.41, 5.74) is 2.82. The minimum atomic E-state index is 0.0894. The number of amides is 1. The van der Waals surface area contributed by atoms with Gasteiger partial charge in [0.1, 0.15) is 0 Å². The normalized spacial score (nSPS) is 31.4. The molecule has 1 heterocycles. The van der Waals surface area contributed by atoms with Crippen LogP contribution >= 0.6 is 11.6 Å². The van der Waals surface area contributed by atoms with Gasteiger partial charge in [0.15, 0.2) is 0 Å². The van der Waals surface area contributed by atoms with Gasteiger partial charge in [0, 0.05) is 22.9 Å². The van der Waals surface area contributed by atoms with Gasteiger partial charge < -0.3 is 5.32 Å². The third-order valence-corrected chi connectivity index (χ3v) is 4.60.